The predicted octanol–water partition coefficient (Wildman–Crippen LogP) is 3.66. The molecule has 2 aliphatic rings. The molecule has 2 fully saturated rings. The zero-order chi connectivity index (χ0) is 18.0. The maximum atomic E-state index is 12.3. The molecule has 1 saturated carbocycles. The number of hydrogen-bond acceptors (Lipinski definition) is 5. The highest BCUT2D eigenvalue weighted by atomic mass is 16.5. The van der Waals surface area contributed by atoms with E-state index in [4.69, 9.17) is 9.26 Å². The van der Waals surface area contributed by atoms with E-state index in [9.17, 15) is 4.79 Å². The summed E-state index contributed by atoms with van der Waals surface area (Å²) in [5.41, 5.74) is 1.54. The van der Waals surface area contributed by atoms with Crippen LogP contribution in [0, 0.1) is 6.92 Å². The number of ether oxygens (including phenoxy) is 1. The zero-order valence-electron chi connectivity index (χ0n) is 15.0. The Labute approximate surface area is 152 Å². The van der Waals surface area contributed by atoms with E-state index < -0.39 is 0 Å². The van der Waals surface area contributed by atoms with Crippen molar-refractivity contribution in [2.45, 2.75) is 57.1 Å². The Morgan fingerprint density at radius 3 is 2.65 bits per heavy atom. The summed E-state index contributed by atoms with van der Waals surface area (Å²) in [6.07, 6.45) is 6.89. The third-order valence-electron chi connectivity index (χ3n) is 5.23. The lowest BCUT2D eigenvalue weighted by Crippen LogP contribution is -2.39. The summed E-state index contributed by atoms with van der Waals surface area (Å²) >= 11 is 0. The van der Waals surface area contributed by atoms with Gasteiger partial charge in [0.25, 0.3) is 5.89 Å². The first-order valence-corrected chi connectivity index (χ1v) is 9.24. The first kappa shape index (κ1) is 17.0. The van der Waals surface area contributed by atoms with Gasteiger partial charge in [0.05, 0.1) is 18.2 Å². The molecule has 26 heavy (non-hydrogen) atoms. The Hall–Kier alpha value is -2.41. The molecule has 1 aliphatic carbocycles. The molecule has 2 N–H and O–H groups in total. The van der Waals surface area contributed by atoms with Crippen LogP contribution in [0.25, 0.3) is 11.5 Å². The van der Waals surface area contributed by atoms with Gasteiger partial charge in [0.1, 0.15) is 0 Å². The Balaban J connectivity index is 1.31. The van der Waals surface area contributed by atoms with Gasteiger partial charge < -0.3 is 19.9 Å². The molecule has 1 saturated heterocycles. The van der Waals surface area contributed by atoms with Crippen LogP contribution in [0.5, 0.6) is 0 Å². The average molecular weight is 356 g/mol. The van der Waals surface area contributed by atoms with Crippen molar-refractivity contribution in [3.8, 4) is 11.5 Å². The van der Waals surface area contributed by atoms with Crippen molar-refractivity contribution in [1.29, 1.82) is 0 Å². The largest absolute Gasteiger partial charge is 0.373 e. The molecule has 138 valence electrons. The standard InChI is InChI=1S/C19H24N4O3/c1-13-20-17(26-23-13)14-5-7-15(8-6-14)21-18(24)22-16-11-19(25-12-16)9-3-2-4-10-19/h5-8,16H,2-4,9-12H2,1H3,(H2,21,22,24). The topological polar surface area (TPSA) is 89.3 Å². The number of nitrogens with one attached hydrogen (secondary N) is 2. The third kappa shape index (κ3) is 3.72. The fraction of sp³-hybridized carbons (Fsp3) is 0.526. The van der Waals surface area contributed by atoms with Gasteiger partial charge in [-0.05, 0) is 50.5 Å². The normalized spacial score (nSPS) is 21.7. The molecule has 1 atom stereocenters. The molecule has 1 aromatic carbocycles. The number of amides is 2. The lowest BCUT2D eigenvalue weighted by molar-refractivity contribution is -0.0245. The molecule has 7 nitrogen and oxygen atoms in total. The summed E-state index contributed by atoms with van der Waals surface area (Å²) in [7, 11) is 0. The van der Waals surface area contributed by atoms with Gasteiger partial charge in [-0.2, -0.15) is 4.98 Å². The van der Waals surface area contributed by atoms with E-state index in [1.807, 2.05) is 24.3 Å². The van der Waals surface area contributed by atoms with E-state index >= 15 is 0 Å². The highest BCUT2D eigenvalue weighted by Crippen LogP contribution is 2.39. The molecule has 1 aliphatic heterocycles. The molecule has 7 heteroatoms. The van der Waals surface area contributed by atoms with Crippen molar-refractivity contribution in [3.63, 3.8) is 0 Å². The van der Waals surface area contributed by atoms with Crippen LogP contribution in [0.2, 0.25) is 0 Å². The Morgan fingerprint density at radius 1 is 1.19 bits per heavy atom. The Morgan fingerprint density at radius 2 is 1.96 bits per heavy atom. The summed E-state index contributed by atoms with van der Waals surface area (Å²) in [6, 6.07) is 7.21. The fourth-order valence-corrected chi connectivity index (χ4v) is 3.94. The molecule has 4 rings (SSSR count). The van der Waals surface area contributed by atoms with E-state index in [-0.39, 0.29) is 17.7 Å². The first-order valence-electron chi connectivity index (χ1n) is 9.24. The van der Waals surface area contributed by atoms with Gasteiger partial charge >= 0.3 is 6.03 Å². The van der Waals surface area contributed by atoms with E-state index in [2.05, 4.69) is 20.8 Å². The minimum Gasteiger partial charge on any atom is -0.373 e. The number of urea groups is 1. The molecule has 1 spiro atoms. The highest BCUT2D eigenvalue weighted by Gasteiger charge is 2.41. The number of carbonyl (C=O) groups is 1. The molecule has 0 radical (unpaired) electrons. The summed E-state index contributed by atoms with van der Waals surface area (Å²) in [6.45, 7) is 2.38. The number of aromatic nitrogens is 2. The quantitative estimate of drug-likeness (QED) is 0.876. The second-order valence-corrected chi connectivity index (χ2v) is 7.28. The van der Waals surface area contributed by atoms with Crippen molar-refractivity contribution in [3.05, 3.63) is 30.1 Å². The predicted molar refractivity (Wildman–Crippen MR) is 96.8 cm³/mol. The van der Waals surface area contributed by atoms with Crippen molar-refractivity contribution < 1.29 is 14.1 Å². The van der Waals surface area contributed by atoms with E-state index in [0.717, 1.165) is 24.8 Å². The van der Waals surface area contributed by atoms with Gasteiger partial charge in [-0.1, -0.05) is 24.4 Å². The van der Waals surface area contributed by atoms with Crippen molar-refractivity contribution in [2.75, 3.05) is 11.9 Å². The fourth-order valence-electron chi connectivity index (χ4n) is 3.94. The maximum absolute atomic E-state index is 12.3. The average Bonchev–Trinajstić information content (AvgIpc) is 3.23. The number of anilines is 1. The van der Waals surface area contributed by atoms with Crippen LogP contribution < -0.4 is 10.6 Å². The summed E-state index contributed by atoms with van der Waals surface area (Å²) in [5, 5.41) is 9.68. The molecular formula is C19H24N4O3. The Bertz CT molecular complexity index is 765. The van der Waals surface area contributed by atoms with Crippen molar-refractivity contribution in [1.82, 2.24) is 15.5 Å². The molecule has 1 unspecified atom stereocenters. The second kappa shape index (κ2) is 7.07. The number of carbonyl (C=O) groups excluding carboxylic acids is 1. The number of hydrogen-bond donors (Lipinski definition) is 2. The minimum absolute atomic E-state index is 0.0000519. The summed E-state index contributed by atoms with van der Waals surface area (Å²) in [5.74, 6) is 1.07. The van der Waals surface area contributed by atoms with E-state index in [1.165, 1.54) is 19.3 Å². The smallest absolute Gasteiger partial charge is 0.319 e. The first-order chi connectivity index (χ1) is 12.6. The van der Waals surface area contributed by atoms with Gasteiger partial charge in [-0.15, -0.1) is 0 Å². The van der Waals surface area contributed by atoms with Crippen LogP contribution in [0.4, 0.5) is 10.5 Å². The van der Waals surface area contributed by atoms with E-state index in [1.54, 1.807) is 6.92 Å². The molecular weight excluding hydrogens is 332 g/mol. The SMILES string of the molecule is Cc1noc(-c2ccc(NC(=O)NC3COC4(CCCCC4)C3)cc2)n1. The number of aryl methyl sites for hydroxylation is 1. The van der Waals surface area contributed by atoms with Gasteiger partial charge in [0.15, 0.2) is 5.82 Å². The van der Waals surface area contributed by atoms with Crippen LogP contribution in [-0.2, 0) is 4.74 Å². The summed E-state index contributed by atoms with van der Waals surface area (Å²) < 4.78 is 11.2. The van der Waals surface area contributed by atoms with Gasteiger partial charge in [0, 0.05) is 11.3 Å². The number of benzene rings is 1. The molecule has 0 bridgehead atoms. The van der Waals surface area contributed by atoms with Crippen LogP contribution in [0.1, 0.15) is 44.3 Å². The van der Waals surface area contributed by atoms with Gasteiger partial charge in [-0.25, -0.2) is 4.79 Å². The molecule has 2 aromatic rings. The van der Waals surface area contributed by atoms with E-state index in [0.29, 0.717) is 24.0 Å². The monoisotopic (exact) mass is 356 g/mol. The summed E-state index contributed by atoms with van der Waals surface area (Å²) in [4.78, 5) is 16.5. The van der Waals surface area contributed by atoms with Crippen LogP contribution >= 0.6 is 0 Å². The van der Waals surface area contributed by atoms with Gasteiger partial charge in [0.2, 0.25) is 0 Å². The van der Waals surface area contributed by atoms with Gasteiger partial charge in [-0.3, -0.25) is 0 Å². The van der Waals surface area contributed by atoms with Crippen molar-refractivity contribution >= 4 is 11.7 Å². The van der Waals surface area contributed by atoms with Crippen LogP contribution in [-0.4, -0.2) is 34.4 Å². The highest BCUT2D eigenvalue weighted by molar-refractivity contribution is 5.89. The minimum atomic E-state index is -0.201. The van der Waals surface area contributed by atoms with Crippen LogP contribution in [0.15, 0.2) is 28.8 Å². The second-order valence-electron chi connectivity index (χ2n) is 7.28. The maximum Gasteiger partial charge on any atom is 0.319 e. The lowest BCUT2D eigenvalue weighted by atomic mass is 9.82. The Kier molecular flexibility index (Phi) is 4.63. The molecule has 2 heterocycles. The zero-order valence-corrected chi connectivity index (χ0v) is 15.0. The van der Waals surface area contributed by atoms with Crippen molar-refractivity contribution in [2.24, 2.45) is 0 Å². The third-order valence-corrected chi connectivity index (χ3v) is 5.23. The number of nitrogens with zero attached hydrogens (tertiary/aromatic N) is 2. The van der Waals surface area contributed by atoms with Crippen LogP contribution in [0.3, 0.4) is 0 Å². The number of rotatable bonds is 3. The molecule has 2 amide bonds. The lowest BCUT2D eigenvalue weighted by Gasteiger charge is -2.32. The molecule has 1 aromatic heterocycles.